The molecule has 1 N–H and O–H groups in total. The minimum Gasteiger partial charge on any atom is -0.497 e. The van der Waals surface area contributed by atoms with E-state index in [-0.39, 0.29) is 5.76 Å². The van der Waals surface area contributed by atoms with Gasteiger partial charge in [-0.3, -0.25) is 4.79 Å². The molecule has 0 saturated carbocycles. The van der Waals surface area contributed by atoms with Crippen molar-refractivity contribution in [1.29, 1.82) is 0 Å². The normalized spacial score (nSPS) is 12.1. The van der Waals surface area contributed by atoms with Gasteiger partial charge in [0.1, 0.15) is 11.9 Å². The molecule has 1 unspecified atom stereocenters. The summed E-state index contributed by atoms with van der Waals surface area (Å²) < 4.78 is 9.98. The fourth-order valence-electron chi connectivity index (χ4n) is 1.52. The number of benzene rings is 1. The lowest BCUT2D eigenvalue weighted by atomic mass is 10.0. The van der Waals surface area contributed by atoms with Gasteiger partial charge in [-0.15, -0.1) is 0 Å². The predicted molar refractivity (Wildman–Crippen MR) is 61.0 cm³/mol. The summed E-state index contributed by atoms with van der Waals surface area (Å²) in [4.78, 5) is 11.8. The lowest BCUT2D eigenvalue weighted by molar-refractivity contribution is 0.0717. The van der Waals surface area contributed by atoms with Gasteiger partial charge >= 0.3 is 0 Å². The van der Waals surface area contributed by atoms with E-state index in [1.54, 1.807) is 30.3 Å². The first-order valence-electron chi connectivity index (χ1n) is 5.12. The van der Waals surface area contributed by atoms with Gasteiger partial charge in [-0.25, -0.2) is 0 Å². The van der Waals surface area contributed by atoms with Gasteiger partial charge in [-0.1, -0.05) is 12.1 Å². The van der Waals surface area contributed by atoms with Crippen LogP contribution in [0.4, 0.5) is 0 Å². The van der Waals surface area contributed by atoms with Gasteiger partial charge in [-0.2, -0.15) is 0 Å². The second kappa shape index (κ2) is 4.84. The Kier molecular flexibility index (Phi) is 3.25. The Bertz CT molecular complexity index is 502. The van der Waals surface area contributed by atoms with E-state index in [2.05, 4.69) is 0 Å². The Balaban J connectivity index is 2.24. The first-order chi connectivity index (χ1) is 8.22. The topological polar surface area (TPSA) is 59.7 Å². The zero-order chi connectivity index (χ0) is 12.3. The second-order valence-electron chi connectivity index (χ2n) is 3.52. The van der Waals surface area contributed by atoms with Gasteiger partial charge in [-0.05, 0) is 29.8 Å². The summed E-state index contributed by atoms with van der Waals surface area (Å²) in [7, 11) is 1.53. The molecule has 0 radical (unpaired) electrons. The Morgan fingerprint density at radius 1 is 1.35 bits per heavy atom. The Morgan fingerprint density at radius 2 is 2.18 bits per heavy atom. The minimum absolute atomic E-state index is 0.139. The monoisotopic (exact) mass is 232 g/mol. The van der Waals surface area contributed by atoms with Gasteiger partial charge in [0.05, 0.1) is 13.4 Å². The van der Waals surface area contributed by atoms with E-state index in [0.717, 1.165) is 0 Å². The van der Waals surface area contributed by atoms with Gasteiger partial charge < -0.3 is 14.3 Å². The standard InChI is InChI=1S/C13H12O4/c1-16-10-5-2-4-9(8-10)12(14)13(15)11-6-3-7-17-11/h2-8,12,14H,1H3. The number of aliphatic hydroxyl groups is 1. The average Bonchev–Trinajstić information content (AvgIpc) is 2.91. The maximum absolute atomic E-state index is 11.8. The van der Waals surface area contributed by atoms with Crippen LogP contribution < -0.4 is 4.74 Å². The average molecular weight is 232 g/mol. The Labute approximate surface area is 98.4 Å². The van der Waals surface area contributed by atoms with Crippen LogP contribution in [0.15, 0.2) is 47.1 Å². The molecule has 0 aliphatic rings. The maximum Gasteiger partial charge on any atom is 0.230 e. The van der Waals surface area contributed by atoms with Crippen LogP contribution in [0.2, 0.25) is 0 Å². The number of ether oxygens (including phenoxy) is 1. The molecule has 17 heavy (non-hydrogen) atoms. The molecule has 0 aliphatic heterocycles. The summed E-state index contributed by atoms with van der Waals surface area (Å²) >= 11 is 0. The van der Waals surface area contributed by atoms with Gasteiger partial charge in [0.2, 0.25) is 5.78 Å². The molecule has 0 amide bonds. The van der Waals surface area contributed by atoms with Crippen molar-refractivity contribution in [3.8, 4) is 5.75 Å². The highest BCUT2D eigenvalue weighted by Crippen LogP contribution is 2.22. The molecular weight excluding hydrogens is 220 g/mol. The number of Topliss-reactive ketones (excluding diaryl/α,β-unsaturated/α-hetero) is 1. The lowest BCUT2D eigenvalue weighted by Gasteiger charge is -2.09. The minimum atomic E-state index is -1.24. The predicted octanol–water partition coefficient (Wildman–Crippen LogP) is 2.20. The van der Waals surface area contributed by atoms with Crippen LogP contribution in [0.5, 0.6) is 5.75 Å². The lowest BCUT2D eigenvalue weighted by Crippen LogP contribution is -2.11. The zero-order valence-electron chi connectivity index (χ0n) is 9.29. The van der Waals surface area contributed by atoms with Crippen molar-refractivity contribution < 1.29 is 19.1 Å². The molecule has 1 aromatic carbocycles. The molecule has 0 aliphatic carbocycles. The van der Waals surface area contributed by atoms with Crippen molar-refractivity contribution in [3.63, 3.8) is 0 Å². The number of hydrogen-bond donors (Lipinski definition) is 1. The number of rotatable bonds is 4. The van der Waals surface area contributed by atoms with E-state index in [1.165, 1.54) is 19.4 Å². The van der Waals surface area contributed by atoms with Crippen LogP contribution in [0.25, 0.3) is 0 Å². The molecule has 4 heteroatoms. The zero-order valence-corrected chi connectivity index (χ0v) is 9.29. The molecule has 0 fully saturated rings. The third-order valence-corrected chi connectivity index (χ3v) is 2.42. The van der Waals surface area contributed by atoms with Crippen molar-refractivity contribution in [2.24, 2.45) is 0 Å². The number of furan rings is 1. The summed E-state index contributed by atoms with van der Waals surface area (Å²) in [6, 6.07) is 9.86. The SMILES string of the molecule is COc1cccc(C(O)C(=O)c2ccco2)c1. The first kappa shape index (κ1) is 11.4. The first-order valence-corrected chi connectivity index (χ1v) is 5.12. The maximum atomic E-state index is 11.8. The summed E-state index contributed by atoms with van der Waals surface area (Å²) in [6.07, 6.45) is 0.155. The van der Waals surface area contributed by atoms with Gasteiger partial charge in [0.15, 0.2) is 5.76 Å². The van der Waals surface area contributed by atoms with Crippen LogP contribution in [0.1, 0.15) is 22.2 Å². The Hall–Kier alpha value is -2.07. The van der Waals surface area contributed by atoms with Crippen LogP contribution in [-0.4, -0.2) is 18.0 Å². The van der Waals surface area contributed by atoms with Crippen molar-refractivity contribution in [3.05, 3.63) is 54.0 Å². The smallest absolute Gasteiger partial charge is 0.230 e. The molecule has 1 heterocycles. The molecule has 0 bridgehead atoms. The van der Waals surface area contributed by atoms with E-state index in [4.69, 9.17) is 9.15 Å². The fourth-order valence-corrected chi connectivity index (χ4v) is 1.52. The fraction of sp³-hybridized carbons (Fsp3) is 0.154. The highest BCUT2D eigenvalue weighted by molar-refractivity contribution is 5.97. The number of carbonyl (C=O) groups excluding carboxylic acids is 1. The molecule has 1 atom stereocenters. The van der Waals surface area contributed by atoms with E-state index in [0.29, 0.717) is 11.3 Å². The summed E-state index contributed by atoms with van der Waals surface area (Å²) in [5.74, 6) is 0.261. The third-order valence-electron chi connectivity index (χ3n) is 2.42. The molecule has 0 spiro atoms. The van der Waals surface area contributed by atoms with Crippen molar-refractivity contribution in [2.75, 3.05) is 7.11 Å². The third kappa shape index (κ3) is 2.37. The molecular formula is C13H12O4. The molecule has 2 aromatic rings. The number of methoxy groups -OCH3 is 1. The highest BCUT2D eigenvalue weighted by Gasteiger charge is 2.21. The number of ketones is 1. The summed E-state index contributed by atoms with van der Waals surface area (Å²) in [5, 5.41) is 9.92. The Morgan fingerprint density at radius 3 is 2.82 bits per heavy atom. The van der Waals surface area contributed by atoms with Crippen molar-refractivity contribution in [2.45, 2.75) is 6.10 Å². The van der Waals surface area contributed by atoms with Crippen molar-refractivity contribution in [1.82, 2.24) is 0 Å². The number of carbonyl (C=O) groups is 1. The van der Waals surface area contributed by atoms with Crippen LogP contribution in [-0.2, 0) is 0 Å². The van der Waals surface area contributed by atoms with E-state index in [1.807, 2.05) is 0 Å². The van der Waals surface area contributed by atoms with E-state index >= 15 is 0 Å². The van der Waals surface area contributed by atoms with Crippen LogP contribution in [0, 0.1) is 0 Å². The van der Waals surface area contributed by atoms with E-state index in [9.17, 15) is 9.90 Å². The molecule has 0 saturated heterocycles. The molecule has 2 rings (SSSR count). The second-order valence-corrected chi connectivity index (χ2v) is 3.52. The van der Waals surface area contributed by atoms with Crippen molar-refractivity contribution >= 4 is 5.78 Å². The quantitative estimate of drug-likeness (QED) is 0.821. The summed E-state index contributed by atoms with van der Waals surface area (Å²) in [6.45, 7) is 0. The van der Waals surface area contributed by atoms with E-state index < -0.39 is 11.9 Å². The van der Waals surface area contributed by atoms with Gasteiger partial charge in [0, 0.05) is 0 Å². The largest absolute Gasteiger partial charge is 0.497 e. The summed E-state index contributed by atoms with van der Waals surface area (Å²) in [5.41, 5.74) is 0.478. The van der Waals surface area contributed by atoms with Crippen LogP contribution in [0.3, 0.4) is 0 Å². The molecule has 88 valence electrons. The highest BCUT2D eigenvalue weighted by atomic mass is 16.5. The van der Waals surface area contributed by atoms with Gasteiger partial charge in [0.25, 0.3) is 0 Å². The number of hydrogen-bond acceptors (Lipinski definition) is 4. The number of aliphatic hydroxyl groups excluding tert-OH is 1. The molecule has 1 aromatic heterocycles. The molecule has 4 nitrogen and oxygen atoms in total. The van der Waals surface area contributed by atoms with Crippen LogP contribution >= 0.6 is 0 Å².